The van der Waals surface area contributed by atoms with Crippen LogP contribution in [0, 0.1) is 0 Å². The summed E-state index contributed by atoms with van der Waals surface area (Å²) in [5.41, 5.74) is 1.05. The fourth-order valence-corrected chi connectivity index (χ4v) is 2.45. The average molecular weight is 278 g/mol. The van der Waals surface area contributed by atoms with Crippen molar-refractivity contribution in [2.45, 2.75) is 0 Å². The Morgan fingerprint density at radius 2 is 1.56 bits per heavy atom. The zero-order valence-corrected chi connectivity index (χ0v) is 12.0. The third-order valence-corrected chi connectivity index (χ3v) is 3.85. The quantitative estimate of drug-likeness (QED) is 0.238. The highest BCUT2D eigenvalue weighted by molar-refractivity contribution is 8.76. The van der Waals surface area contributed by atoms with Gasteiger partial charge < -0.3 is 0 Å². The molecule has 0 aliphatic rings. The molecular weight excluding hydrogens is 260 g/mol. The molecular formula is C15H18OS2. The molecule has 96 valence electrons. The van der Waals surface area contributed by atoms with E-state index < -0.39 is 0 Å². The molecule has 0 saturated carbocycles. The summed E-state index contributed by atoms with van der Waals surface area (Å²) in [5, 5.41) is 0. The number of aldehydes is 1. The van der Waals surface area contributed by atoms with Gasteiger partial charge >= 0.3 is 0 Å². The van der Waals surface area contributed by atoms with Crippen LogP contribution in [-0.4, -0.2) is 17.8 Å². The second-order valence-electron chi connectivity index (χ2n) is 3.05. The first-order chi connectivity index (χ1) is 8.85. The Kier molecular flexibility index (Phi) is 13.0. The maximum absolute atomic E-state index is 9.89. The van der Waals surface area contributed by atoms with Gasteiger partial charge in [0.15, 0.2) is 0 Å². The summed E-state index contributed by atoms with van der Waals surface area (Å²) in [4.78, 5) is 9.89. The molecule has 0 spiro atoms. The minimum absolute atomic E-state index is 0.771. The highest BCUT2D eigenvalue weighted by atomic mass is 33.1. The standard InChI is InChI=1S/C9H8O.C6H10S2/c10-8-4-7-9-5-2-1-3-6-9;1-3-5-7-8-6-4-2/h1-8H;3-4H,1-2,5-6H2/b7-4+;. The fourth-order valence-electron chi connectivity index (χ4n) is 0.907. The van der Waals surface area contributed by atoms with Crippen molar-refractivity contribution < 1.29 is 4.79 Å². The van der Waals surface area contributed by atoms with Gasteiger partial charge in [0.25, 0.3) is 0 Å². The number of carbonyl (C=O) groups is 1. The number of carbonyl (C=O) groups excluding carboxylic acids is 1. The van der Waals surface area contributed by atoms with Gasteiger partial charge in [-0.05, 0) is 11.6 Å². The maximum atomic E-state index is 9.89. The van der Waals surface area contributed by atoms with Crippen molar-refractivity contribution >= 4 is 33.9 Å². The summed E-state index contributed by atoms with van der Waals surface area (Å²) >= 11 is 0. The van der Waals surface area contributed by atoms with Crippen LogP contribution in [0.15, 0.2) is 61.7 Å². The molecule has 0 unspecified atom stereocenters. The lowest BCUT2D eigenvalue weighted by atomic mass is 10.2. The summed E-state index contributed by atoms with van der Waals surface area (Å²) in [7, 11) is 3.61. The van der Waals surface area contributed by atoms with Crippen LogP contribution in [0.3, 0.4) is 0 Å². The SMILES string of the molecule is C=CCSSCC=C.O=C/C=C/c1ccccc1. The summed E-state index contributed by atoms with van der Waals surface area (Å²) in [5.74, 6) is 2.05. The van der Waals surface area contributed by atoms with E-state index in [1.807, 2.05) is 42.5 Å². The topological polar surface area (TPSA) is 17.1 Å². The lowest BCUT2D eigenvalue weighted by Gasteiger charge is -1.89. The molecule has 0 aliphatic carbocycles. The molecule has 0 amide bonds. The Balaban J connectivity index is 0.000000331. The van der Waals surface area contributed by atoms with Crippen LogP contribution in [-0.2, 0) is 4.79 Å². The first-order valence-electron chi connectivity index (χ1n) is 5.48. The Hall–Kier alpha value is -1.19. The van der Waals surface area contributed by atoms with Gasteiger partial charge in [-0.25, -0.2) is 0 Å². The van der Waals surface area contributed by atoms with Crippen molar-refractivity contribution in [1.82, 2.24) is 0 Å². The molecule has 1 nitrogen and oxygen atoms in total. The molecule has 0 atom stereocenters. The highest BCUT2D eigenvalue weighted by Gasteiger charge is 1.80. The molecule has 3 heteroatoms. The van der Waals surface area contributed by atoms with Gasteiger partial charge in [-0.15, -0.1) is 13.2 Å². The van der Waals surface area contributed by atoms with Crippen molar-refractivity contribution in [1.29, 1.82) is 0 Å². The monoisotopic (exact) mass is 278 g/mol. The van der Waals surface area contributed by atoms with Gasteiger partial charge in [-0.1, -0.05) is 70.1 Å². The molecule has 0 bridgehead atoms. The third-order valence-electron chi connectivity index (χ3n) is 1.62. The van der Waals surface area contributed by atoms with Crippen molar-refractivity contribution in [3.8, 4) is 0 Å². The minimum atomic E-state index is 0.771. The zero-order valence-electron chi connectivity index (χ0n) is 10.3. The Labute approximate surface area is 117 Å². The van der Waals surface area contributed by atoms with Crippen LogP contribution in [0.5, 0.6) is 0 Å². The summed E-state index contributed by atoms with van der Waals surface area (Å²) in [6.45, 7) is 7.20. The van der Waals surface area contributed by atoms with E-state index in [0.29, 0.717) is 0 Å². The Morgan fingerprint density at radius 1 is 1.00 bits per heavy atom. The molecule has 0 aliphatic heterocycles. The van der Waals surface area contributed by atoms with E-state index in [4.69, 9.17) is 0 Å². The summed E-state index contributed by atoms with van der Waals surface area (Å²) in [6, 6.07) is 9.70. The van der Waals surface area contributed by atoms with Crippen LogP contribution in [0.2, 0.25) is 0 Å². The van der Waals surface area contributed by atoms with Gasteiger partial charge in [0.2, 0.25) is 0 Å². The van der Waals surface area contributed by atoms with E-state index in [1.165, 1.54) is 6.08 Å². The number of allylic oxidation sites excluding steroid dienone is 1. The number of hydrogen-bond donors (Lipinski definition) is 0. The van der Waals surface area contributed by atoms with Crippen LogP contribution >= 0.6 is 21.6 Å². The molecule has 0 fully saturated rings. The molecule has 0 saturated heterocycles. The van der Waals surface area contributed by atoms with Crippen molar-refractivity contribution in [2.24, 2.45) is 0 Å². The van der Waals surface area contributed by atoms with Crippen LogP contribution in [0.4, 0.5) is 0 Å². The van der Waals surface area contributed by atoms with E-state index in [-0.39, 0.29) is 0 Å². The van der Waals surface area contributed by atoms with Crippen LogP contribution < -0.4 is 0 Å². The second kappa shape index (κ2) is 13.9. The zero-order chi connectivity index (χ0) is 13.5. The van der Waals surface area contributed by atoms with Gasteiger partial charge in [0.1, 0.15) is 6.29 Å². The lowest BCUT2D eigenvalue weighted by molar-refractivity contribution is -0.104. The maximum Gasteiger partial charge on any atom is 0.142 e. The number of benzene rings is 1. The number of rotatable bonds is 7. The summed E-state index contributed by atoms with van der Waals surface area (Å²) in [6.07, 6.45) is 7.83. The Morgan fingerprint density at radius 3 is 2.00 bits per heavy atom. The van der Waals surface area contributed by atoms with Crippen molar-refractivity contribution in [2.75, 3.05) is 11.5 Å². The third kappa shape index (κ3) is 11.3. The van der Waals surface area contributed by atoms with E-state index in [0.717, 1.165) is 23.4 Å². The average Bonchev–Trinajstić information content (AvgIpc) is 2.43. The summed E-state index contributed by atoms with van der Waals surface area (Å²) < 4.78 is 0. The van der Waals surface area contributed by atoms with Crippen molar-refractivity contribution in [3.05, 3.63) is 67.3 Å². The van der Waals surface area contributed by atoms with Crippen molar-refractivity contribution in [3.63, 3.8) is 0 Å². The predicted molar refractivity (Wildman–Crippen MR) is 86.9 cm³/mol. The minimum Gasteiger partial charge on any atom is -0.299 e. The van der Waals surface area contributed by atoms with E-state index in [9.17, 15) is 4.79 Å². The second-order valence-corrected chi connectivity index (χ2v) is 5.60. The number of hydrogen-bond acceptors (Lipinski definition) is 3. The molecule has 1 aromatic rings. The predicted octanol–water partition coefficient (Wildman–Crippen LogP) is 4.64. The van der Waals surface area contributed by atoms with E-state index in [1.54, 1.807) is 27.7 Å². The molecule has 0 heterocycles. The van der Waals surface area contributed by atoms with E-state index >= 15 is 0 Å². The van der Waals surface area contributed by atoms with E-state index in [2.05, 4.69) is 13.2 Å². The molecule has 18 heavy (non-hydrogen) atoms. The van der Waals surface area contributed by atoms with Gasteiger partial charge in [-0.3, -0.25) is 4.79 Å². The largest absolute Gasteiger partial charge is 0.299 e. The Bertz CT molecular complexity index is 348. The van der Waals surface area contributed by atoms with Gasteiger partial charge in [0, 0.05) is 11.5 Å². The van der Waals surface area contributed by atoms with Gasteiger partial charge in [0.05, 0.1) is 0 Å². The molecule has 0 aromatic heterocycles. The normalized spacial score (nSPS) is 9.33. The van der Waals surface area contributed by atoms with Crippen LogP contribution in [0.1, 0.15) is 5.56 Å². The molecule has 1 aromatic carbocycles. The smallest absolute Gasteiger partial charge is 0.142 e. The fraction of sp³-hybridized carbons (Fsp3) is 0.133. The molecule has 1 rings (SSSR count). The molecule has 0 radical (unpaired) electrons. The molecule has 0 N–H and O–H groups in total. The van der Waals surface area contributed by atoms with Crippen LogP contribution in [0.25, 0.3) is 6.08 Å². The lowest BCUT2D eigenvalue weighted by Crippen LogP contribution is -1.67. The first-order valence-corrected chi connectivity index (χ1v) is 7.97. The first kappa shape index (κ1) is 16.8. The van der Waals surface area contributed by atoms with Gasteiger partial charge in [-0.2, -0.15) is 0 Å². The highest BCUT2D eigenvalue weighted by Crippen LogP contribution is 2.20.